The zero-order chi connectivity index (χ0) is 14.5. The average molecular weight is 297 g/mol. The van der Waals surface area contributed by atoms with Crippen molar-refractivity contribution in [3.63, 3.8) is 0 Å². The fraction of sp³-hybridized carbons (Fsp3) is 0.571. The van der Waals surface area contributed by atoms with Crippen LogP contribution >= 0.6 is 11.6 Å². The Hall–Kier alpha value is -1.33. The minimum absolute atomic E-state index is 0.0109. The van der Waals surface area contributed by atoms with Crippen LogP contribution in [0.5, 0.6) is 0 Å². The molecule has 6 heteroatoms. The molecule has 0 bridgehead atoms. The van der Waals surface area contributed by atoms with Crippen LogP contribution in [-0.4, -0.2) is 28.4 Å². The van der Waals surface area contributed by atoms with E-state index < -0.39 is 0 Å². The maximum absolute atomic E-state index is 12.6. The number of hydrogen-bond acceptors (Lipinski definition) is 4. The summed E-state index contributed by atoms with van der Waals surface area (Å²) < 4.78 is 0. The van der Waals surface area contributed by atoms with E-state index in [1.54, 1.807) is 6.07 Å². The van der Waals surface area contributed by atoms with E-state index in [0.29, 0.717) is 22.4 Å². The predicted molar refractivity (Wildman–Crippen MR) is 80.6 cm³/mol. The predicted octanol–water partition coefficient (Wildman–Crippen LogP) is 2.82. The molecule has 0 aliphatic carbocycles. The van der Waals surface area contributed by atoms with Gasteiger partial charge in [-0.3, -0.25) is 4.79 Å². The van der Waals surface area contributed by atoms with Gasteiger partial charge in [0.1, 0.15) is 0 Å². The number of nitrogen functional groups attached to an aromatic ring is 1. The Morgan fingerprint density at radius 3 is 3.00 bits per heavy atom. The van der Waals surface area contributed by atoms with Gasteiger partial charge < -0.3 is 10.3 Å². The lowest BCUT2D eigenvalue weighted by Gasteiger charge is -2.29. The summed E-state index contributed by atoms with van der Waals surface area (Å²) in [4.78, 5) is 18.7. The molecule has 110 valence electrons. The Balaban J connectivity index is 2.22. The summed E-state index contributed by atoms with van der Waals surface area (Å²) in [6, 6.07) is 1.94. The summed E-state index contributed by atoms with van der Waals surface area (Å²) in [6.45, 7) is 2.94. The molecule has 1 saturated heterocycles. The lowest BCUT2D eigenvalue weighted by Crippen LogP contribution is -2.39. The normalized spacial score (nSPS) is 19.6. The van der Waals surface area contributed by atoms with Gasteiger partial charge in [-0.25, -0.2) is 10.8 Å². The van der Waals surface area contributed by atoms with Crippen molar-refractivity contribution in [3.05, 3.63) is 22.8 Å². The SMILES string of the molecule is CCC1CCCCCN1C(=O)c1cnc(NN)c(Cl)c1. The van der Waals surface area contributed by atoms with Crippen LogP contribution in [0.2, 0.25) is 5.02 Å². The first-order chi connectivity index (χ1) is 9.67. The van der Waals surface area contributed by atoms with Gasteiger partial charge in [0.25, 0.3) is 5.91 Å². The van der Waals surface area contributed by atoms with Gasteiger partial charge in [-0.05, 0) is 25.3 Å². The Morgan fingerprint density at radius 1 is 1.55 bits per heavy atom. The standard InChI is InChI=1S/C14H21ClN4O/c1-2-11-6-4-3-5-7-19(11)14(20)10-8-12(15)13(18-16)17-9-10/h8-9,11H,2-7,16H2,1H3,(H,17,18). The maximum atomic E-state index is 12.6. The number of nitrogens with zero attached hydrogens (tertiary/aromatic N) is 2. The van der Waals surface area contributed by atoms with E-state index in [0.717, 1.165) is 25.8 Å². The molecule has 1 atom stereocenters. The van der Waals surface area contributed by atoms with E-state index in [4.69, 9.17) is 17.4 Å². The summed E-state index contributed by atoms with van der Waals surface area (Å²) >= 11 is 6.04. The van der Waals surface area contributed by atoms with E-state index in [-0.39, 0.29) is 5.91 Å². The van der Waals surface area contributed by atoms with Crippen molar-refractivity contribution in [1.29, 1.82) is 0 Å². The highest BCUT2D eigenvalue weighted by molar-refractivity contribution is 6.33. The van der Waals surface area contributed by atoms with Crippen molar-refractivity contribution in [1.82, 2.24) is 9.88 Å². The van der Waals surface area contributed by atoms with Crippen LogP contribution in [0.1, 0.15) is 49.4 Å². The van der Waals surface area contributed by atoms with Crippen LogP contribution in [0.4, 0.5) is 5.82 Å². The number of hydrazine groups is 1. The van der Waals surface area contributed by atoms with Crippen molar-refractivity contribution in [3.8, 4) is 0 Å². The molecule has 1 unspecified atom stereocenters. The number of nitrogens with one attached hydrogen (secondary N) is 1. The first-order valence-corrected chi connectivity index (χ1v) is 7.48. The van der Waals surface area contributed by atoms with Crippen LogP contribution < -0.4 is 11.3 Å². The lowest BCUT2D eigenvalue weighted by molar-refractivity contribution is 0.0678. The minimum Gasteiger partial charge on any atom is -0.336 e. The molecule has 0 spiro atoms. The number of amides is 1. The third-order valence-electron chi connectivity index (χ3n) is 3.83. The third kappa shape index (κ3) is 3.22. The van der Waals surface area contributed by atoms with Crippen molar-refractivity contribution in [2.45, 2.75) is 45.1 Å². The molecule has 20 heavy (non-hydrogen) atoms. The molecule has 1 aromatic rings. The zero-order valence-electron chi connectivity index (χ0n) is 11.7. The number of hydrogen-bond donors (Lipinski definition) is 2. The van der Waals surface area contributed by atoms with Gasteiger partial charge in [-0.1, -0.05) is 31.4 Å². The molecular weight excluding hydrogens is 276 g/mol. The van der Waals surface area contributed by atoms with Gasteiger partial charge in [0, 0.05) is 18.8 Å². The van der Waals surface area contributed by atoms with Gasteiger partial charge in [0.15, 0.2) is 5.82 Å². The number of carbonyl (C=O) groups excluding carboxylic acids is 1. The second kappa shape index (κ2) is 6.90. The van der Waals surface area contributed by atoms with Crippen molar-refractivity contribution < 1.29 is 4.79 Å². The molecule has 0 aromatic carbocycles. The van der Waals surface area contributed by atoms with E-state index in [9.17, 15) is 4.79 Å². The molecule has 1 amide bonds. The van der Waals surface area contributed by atoms with Crippen molar-refractivity contribution in [2.75, 3.05) is 12.0 Å². The highest BCUT2D eigenvalue weighted by Crippen LogP contribution is 2.24. The van der Waals surface area contributed by atoms with E-state index >= 15 is 0 Å². The Bertz CT molecular complexity index is 480. The number of anilines is 1. The maximum Gasteiger partial charge on any atom is 0.255 e. The van der Waals surface area contributed by atoms with Gasteiger partial charge in [-0.15, -0.1) is 0 Å². The molecule has 1 fully saturated rings. The molecular formula is C14H21ClN4O. The Labute approximate surface area is 124 Å². The largest absolute Gasteiger partial charge is 0.336 e. The fourth-order valence-corrected chi connectivity index (χ4v) is 2.92. The second-order valence-corrected chi connectivity index (χ2v) is 5.52. The molecule has 1 aliphatic rings. The highest BCUT2D eigenvalue weighted by atomic mass is 35.5. The van der Waals surface area contributed by atoms with Gasteiger partial charge in [0.2, 0.25) is 0 Å². The monoisotopic (exact) mass is 296 g/mol. The summed E-state index contributed by atoms with van der Waals surface area (Å²) in [6.07, 6.45) is 7.03. The number of carbonyl (C=O) groups is 1. The molecule has 0 saturated carbocycles. The first kappa shape index (κ1) is 15.1. The van der Waals surface area contributed by atoms with E-state index in [2.05, 4.69) is 17.3 Å². The minimum atomic E-state index is 0.0109. The fourth-order valence-electron chi connectivity index (χ4n) is 2.70. The molecule has 1 aliphatic heterocycles. The zero-order valence-corrected chi connectivity index (χ0v) is 12.5. The molecule has 0 radical (unpaired) electrons. The second-order valence-electron chi connectivity index (χ2n) is 5.11. The molecule has 1 aromatic heterocycles. The first-order valence-electron chi connectivity index (χ1n) is 7.10. The summed E-state index contributed by atoms with van der Waals surface area (Å²) in [7, 11) is 0. The van der Waals surface area contributed by atoms with Gasteiger partial charge in [-0.2, -0.15) is 0 Å². The van der Waals surface area contributed by atoms with Crippen LogP contribution in [0.3, 0.4) is 0 Å². The van der Waals surface area contributed by atoms with Crippen LogP contribution in [0.15, 0.2) is 12.3 Å². The molecule has 3 N–H and O–H groups in total. The van der Waals surface area contributed by atoms with Gasteiger partial charge in [0.05, 0.1) is 10.6 Å². The number of likely N-dealkylation sites (tertiary alicyclic amines) is 1. The Kier molecular flexibility index (Phi) is 5.20. The average Bonchev–Trinajstić information content (AvgIpc) is 2.71. The summed E-state index contributed by atoms with van der Waals surface area (Å²) in [5.41, 5.74) is 2.93. The number of nitrogens with two attached hydrogens (primary N) is 1. The molecule has 2 rings (SSSR count). The van der Waals surface area contributed by atoms with Gasteiger partial charge >= 0.3 is 0 Å². The van der Waals surface area contributed by atoms with Crippen LogP contribution in [0.25, 0.3) is 0 Å². The molecule has 5 nitrogen and oxygen atoms in total. The van der Waals surface area contributed by atoms with E-state index in [1.807, 2.05) is 4.90 Å². The van der Waals surface area contributed by atoms with Crippen molar-refractivity contribution in [2.24, 2.45) is 5.84 Å². The number of rotatable bonds is 3. The summed E-state index contributed by atoms with van der Waals surface area (Å²) in [5.74, 6) is 5.68. The molecule has 2 heterocycles. The van der Waals surface area contributed by atoms with Crippen LogP contribution in [0, 0.1) is 0 Å². The number of halogens is 1. The number of pyridine rings is 1. The quantitative estimate of drug-likeness (QED) is 0.664. The van der Waals surface area contributed by atoms with Crippen molar-refractivity contribution >= 4 is 23.3 Å². The topological polar surface area (TPSA) is 71.2 Å². The lowest BCUT2D eigenvalue weighted by atomic mass is 10.1. The number of aromatic nitrogens is 1. The highest BCUT2D eigenvalue weighted by Gasteiger charge is 2.25. The van der Waals surface area contributed by atoms with E-state index in [1.165, 1.54) is 19.0 Å². The van der Waals surface area contributed by atoms with Crippen LogP contribution in [-0.2, 0) is 0 Å². The Morgan fingerprint density at radius 2 is 2.35 bits per heavy atom. The third-order valence-corrected chi connectivity index (χ3v) is 4.12. The smallest absolute Gasteiger partial charge is 0.255 e. The summed E-state index contributed by atoms with van der Waals surface area (Å²) in [5, 5.41) is 0.362.